The Bertz CT molecular complexity index is 512. The Balaban J connectivity index is 1.83. The van der Waals surface area contributed by atoms with Crippen LogP contribution in [0.15, 0.2) is 49.3 Å². The predicted molar refractivity (Wildman–Crippen MR) is 70.8 cm³/mol. The largest absolute Gasteiger partial charge is 0.461 e. The number of esters is 1. The molecule has 0 bridgehead atoms. The molecule has 3 nitrogen and oxygen atoms in total. The highest BCUT2D eigenvalue weighted by molar-refractivity contribution is 5.72. The van der Waals surface area contributed by atoms with Crippen LogP contribution in [0.5, 0.6) is 0 Å². The van der Waals surface area contributed by atoms with E-state index < -0.39 is 0 Å². The van der Waals surface area contributed by atoms with Crippen molar-refractivity contribution in [1.82, 2.24) is 4.98 Å². The van der Waals surface area contributed by atoms with Gasteiger partial charge in [0.15, 0.2) is 0 Å². The van der Waals surface area contributed by atoms with E-state index in [-0.39, 0.29) is 5.97 Å². The maximum atomic E-state index is 11.6. The summed E-state index contributed by atoms with van der Waals surface area (Å²) in [6, 6.07) is 9.62. The Hall–Kier alpha value is -2.29. The van der Waals surface area contributed by atoms with E-state index in [1.165, 1.54) is 0 Å². The first-order valence-electron chi connectivity index (χ1n) is 5.76. The van der Waals surface area contributed by atoms with Crippen LogP contribution >= 0.6 is 0 Å². The van der Waals surface area contributed by atoms with Crippen molar-refractivity contribution < 1.29 is 9.53 Å². The number of aromatic amines is 1. The number of aromatic nitrogens is 1. The monoisotopic (exact) mass is 241 g/mol. The van der Waals surface area contributed by atoms with Crippen LogP contribution in [0.1, 0.15) is 16.7 Å². The Morgan fingerprint density at radius 1 is 1.22 bits per heavy atom. The van der Waals surface area contributed by atoms with E-state index in [2.05, 4.69) is 11.6 Å². The average Bonchev–Trinajstić information content (AvgIpc) is 2.90. The van der Waals surface area contributed by atoms with Gasteiger partial charge in [-0.25, -0.2) is 0 Å². The quantitative estimate of drug-likeness (QED) is 0.818. The minimum Gasteiger partial charge on any atom is -0.461 e. The first-order valence-corrected chi connectivity index (χ1v) is 5.76. The molecule has 0 aliphatic heterocycles. The van der Waals surface area contributed by atoms with Crippen LogP contribution < -0.4 is 0 Å². The van der Waals surface area contributed by atoms with Gasteiger partial charge in [0.05, 0.1) is 6.42 Å². The van der Waals surface area contributed by atoms with E-state index in [9.17, 15) is 4.79 Å². The lowest BCUT2D eigenvalue weighted by Gasteiger charge is -2.04. The van der Waals surface area contributed by atoms with Gasteiger partial charge in [-0.05, 0) is 22.8 Å². The molecule has 0 saturated heterocycles. The molecule has 2 rings (SSSR count). The van der Waals surface area contributed by atoms with Crippen molar-refractivity contribution in [3.05, 3.63) is 66.0 Å². The summed E-state index contributed by atoms with van der Waals surface area (Å²) < 4.78 is 5.20. The first kappa shape index (κ1) is 12.2. The van der Waals surface area contributed by atoms with Crippen molar-refractivity contribution in [3.8, 4) is 0 Å². The zero-order valence-corrected chi connectivity index (χ0v) is 10.1. The van der Waals surface area contributed by atoms with Crippen LogP contribution in [0.4, 0.5) is 0 Å². The average molecular weight is 241 g/mol. The number of carbonyl (C=O) groups excluding carboxylic acids is 1. The summed E-state index contributed by atoms with van der Waals surface area (Å²) in [5, 5.41) is 0. The van der Waals surface area contributed by atoms with Crippen molar-refractivity contribution >= 4 is 12.0 Å². The Kier molecular flexibility index (Phi) is 3.97. The summed E-state index contributed by atoms with van der Waals surface area (Å²) in [6.45, 7) is 3.99. The highest BCUT2D eigenvalue weighted by Crippen LogP contribution is 2.07. The maximum Gasteiger partial charge on any atom is 0.310 e. The standard InChI is InChI=1S/C15H15NO2/c1-2-12-3-5-13(6-4-12)11-18-15(17)9-14-7-8-16-10-14/h2-8,10,16H,1,9,11H2. The fourth-order valence-corrected chi connectivity index (χ4v) is 1.60. The maximum absolute atomic E-state index is 11.6. The third kappa shape index (κ3) is 3.35. The molecule has 0 amide bonds. The van der Waals surface area contributed by atoms with Crippen LogP contribution in [-0.4, -0.2) is 11.0 Å². The smallest absolute Gasteiger partial charge is 0.310 e. The zero-order chi connectivity index (χ0) is 12.8. The van der Waals surface area contributed by atoms with E-state index in [0.717, 1.165) is 16.7 Å². The second-order valence-corrected chi connectivity index (χ2v) is 4.00. The lowest BCUT2D eigenvalue weighted by molar-refractivity contribution is -0.144. The molecule has 1 heterocycles. The van der Waals surface area contributed by atoms with E-state index >= 15 is 0 Å². The van der Waals surface area contributed by atoms with Crippen LogP contribution in [0.2, 0.25) is 0 Å². The Labute approximate surface area is 106 Å². The molecule has 92 valence electrons. The summed E-state index contributed by atoms with van der Waals surface area (Å²) in [7, 11) is 0. The molecule has 0 spiro atoms. The van der Waals surface area contributed by atoms with Gasteiger partial charge in [0.2, 0.25) is 0 Å². The van der Waals surface area contributed by atoms with Crippen molar-refractivity contribution in [2.24, 2.45) is 0 Å². The lowest BCUT2D eigenvalue weighted by atomic mass is 10.1. The minimum atomic E-state index is -0.220. The van der Waals surface area contributed by atoms with Crippen LogP contribution in [-0.2, 0) is 22.6 Å². The van der Waals surface area contributed by atoms with Crippen molar-refractivity contribution in [1.29, 1.82) is 0 Å². The van der Waals surface area contributed by atoms with Gasteiger partial charge in [-0.15, -0.1) is 0 Å². The fourth-order valence-electron chi connectivity index (χ4n) is 1.60. The number of rotatable bonds is 5. The number of hydrogen-bond acceptors (Lipinski definition) is 2. The van der Waals surface area contributed by atoms with E-state index in [4.69, 9.17) is 4.74 Å². The summed E-state index contributed by atoms with van der Waals surface area (Å²) in [4.78, 5) is 14.5. The minimum absolute atomic E-state index is 0.220. The van der Waals surface area contributed by atoms with Gasteiger partial charge in [0, 0.05) is 12.4 Å². The summed E-state index contributed by atoms with van der Waals surface area (Å²) >= 11 is 0. The van der Waals surface area contributed by atoms with Crippen LogP contribution in [0, 0.1) is 0 Å². The van der Waals surface area contributed by atoms with Crippen molar-refractivity contribution in [2.75, 3.05) is 0 Å². The van der Waals surface area contributed by atoms with Gasteiger partial charge in [0.1, 0.15) is 6.61 Å². The highest BCUT2D eigenvalue weighted by Gasteiger charge is 2.05. The zero-order valence-electron chi connectivity index (χ0n) is 10.1. The van der Waals surface area contributed by atoms with Gasteiger partial charge in [0.25, 0.3) is 0 Å². The second kappa shape index (κ2) is 5.87. The first-order chi connectivity index (χ1) is 8.78. The highest BCUT2D eigenvalue weighted by atomic mass is 16.5. The molecule has 1 aromatic heterocycles. The molecule has 0 aliphatic carbocycles. The van der Waals surface area contributed by atoms with Gasteiger partial charge < -0.3 is 9.72 Å². The number of nitrogens with one attached hydrogen (secondary N) is 1. The molecule has 0 atom stereocenters. The van der Waals surface area contributed by atoms with E-state index in [0.29, 0.717) is 13.0 Å². The molecule has 3 heteroatoms. The molecular weight excluding hydrogens is 226 g/mol. The summed E-state index contributed by atoms with van der Waals surface area (Å²) in [5.74, 6) is -0.220. The van der Waals surface area contributed by atoms with Gasteiger partial charge >= 0.3 is 5.97 Å². The third-order valence-electron chi connectivity index (χ3n) is 2.63. The molecule has 0 fully saturated rings. The normalized spacial score (nSPS) is 10.0. The number of hydrogen-bond donors (Lipinski definition) is 1. The molecule has 0 saturated carbocycles. The predicted octanol–water partition coefficient (Wildman–Crippen LogP) is 2.94. The topological polar surface area (TPSA) is 42.1 Å². The van der Waals surface area contributed by atoms with Crippen LogP contribution in [0.25, 0.3) is 6.08 Å². The molecule has 0 aliphatic rings. The molecule has 1 N–H and O–H groups in total. The van der Waals surface area contributed by atoms with E-state index in [1.54, 1.807) is 18.5 Å². The third-order valence-corrected chi connectivity index (χ3v) is 2.63. The fraction of sp³-hybridized carbons (Fsp3) is 0.133. The SMILES string of the molecule is C=Cc1ccc(COC(=O)Cc2cc[nH]c2)cc1. The number of ether oxygens (including phenoxy) is 1. The lowest BCUT2D eigenvalue weighted by Crippen LogP contribution is -2.07. The second-order valence-electron chi connectivity index (χ2n) is 4.00. The van der Waals surface area contributed by atoms with Crippen molar-refractivity contribution in [2.45, 2.75) is 13.0 Å². The van der Waals surface area contributed by atoms with Gasteiger partial charge in [-0.1, -0.05) is 36.9 Å². The summed E-state index contributed by atoms with van der Waals surface area (Å²) in [5.41, 5.74) is 2.96. The molecule has 2 aromatic rings. The molecule has 1 aromatic carbocycles. The Morgan fingerprint density at radius 2 is 2.00 bits per heavy atom. The van der Waals surface area contributed by atoms with Gasteiger partial charge in [-0.2, -0.15) is 0 Å². The van der Waals surface area contributed by atoms with E-state index in [1.807, 2.05) is 30.3 Å². The number of benzene rings is 1. The number of carbonyl (C=O) groups is 1. The molecular formula is C15H15NO2. The molecule has 0 radical (unpaired) electrons. The van der Waals surface area contributed by atoms with Crippen molar-refractivity contribution in [3.63, 3.8) is 0 Å². The molecule has 18 heavy (non-hydrogen) atoms. The molecule has 0 unspecified atom stereocenters. The van der Waals surface area contributed by atoms with Crippen LogP contribution in [0.3, 0.4) is 0 Å². The number of H-pyrrole nitrogens is 1. The summed E-state index contributed by atoms with van der Waals surface area (Å²) in [6.07, 6.45) is 5.66. The Morgan fingerprint density at radius 3 is 2.61 bits per heavy atom. The van der Waals surface area contributed by atoms with Gasteiger partial charge in [-0.3, -0.25) is 4.79 Å².